The van der Waals surface area contributed by atoms with Gasteiger partial charge in [-0.1, -0.05) is 0 Å². The van der Waals surface area contributed by atoms with Gasteiger partial charge in [0.05, 0.1) is 31.0 Å². The van der Waals surface area contributed by atoms with E-state index in [2.05, 4.69) is 26.2 Å². The summed E-state index contributed by atoms with van der Waals surface area (Å²) in [7, 11) is 6.22. The fourth-order valence-electron chi connectivity index (χ4n) is 2.13. The van der Waals surface area contributed by atoms with Crippen molar-refractivity contribution in [1.29, 1.82) is 0 Å². The van der Waals surface area contributed by atoms with Gasteiger partial charge >= 0.3 is 0 Å². The summed E-state index contributed by atoms with van der Waals surface area (Å²) >= 11 is 3.27. The van der Waals surface area contributed by atoms with Crippen molar-refractivity contribution in [1.82, 2.24) is 9.88 Å². The van der Waals surface area contributed by atoms with Gasteiger partial charge in [0.2, 0.25) is 0 Å². The van der Waals surface area contributed by atoms with Crippen LogP contribution >= 0.6 is 15.9 Å². The van der Waals surface area contributed by atoms with Gasteiger partial charge in [0.25, 0.3) is 11.8 Å². The van der Waals surface area contributed by atoms with Crippen molar-refractivity contribution in [2.45, 2.75) is 0 Å². The minimum Gasteiger partial charge on any atom is -0.493 e. The van der Waals surface area contributed by atoms with Crippen LogP contribution in [0.1, 0.15) is 20.7 Å². The second-order valence-electron chi connectivity index (χ2n) is 5.30. The van der Waals surface area contributed by atoms with Crippen LogP contribution in [0, 0.1) is 0 Å². The molecule has 0 aliphatic carbocycles. The van der Waals surface area contributed by atoms with Crippen molar-refractivity contribution in [2.24, 2.45) is 0 Å². The molecule has 25 heavy (non-hydrogen) atoms. The zero-order chi connectivity index (χ0) is 18.6. The predicted octanol–water partition coefficient (Wildman–Crippen LogP) is 2.82. The second kappa shape index (κ2) is 7.98. The maximum Gasteiger partial charge on any atom is 0.257 e. The number of halogens is 1. The zero-order valence-corrected chi connectivity index (χ0v) is 15.9. The number of nitrogens with zero attached hydrogens (tertiary/aromatic N) is 2. The number of benzene rings is 1. The molecule has 0 unspecified atom stereocenters. The van der Waals surface area contributed by atoms with Crippen molar-refractivity contribution < 1.29 is 19.1 Å². The molecule has 132 valence electrons. The number of hydrogen-bond donors (Lipinski definition) is 1. The number of nitrogens with one attached hydrogen (secondary N) is 1. The molecular formula is C17H18BrN3O4. The Morgan fingerprint density at radius 1 is 1.08 bits per heavy atom. The highest BCUT2D eigenvalue weighted by Gasteiger charge is 2.20. The average molecular weight is 408 g/mol. The lowest BCUT2D eigenvalue weighted by molar-refractivity contribution is 0.0828. The summed E-state index contributed by atoms with van der Waals surface area (Å²) in [6.45, 7) is 0. The van der Waals surface area contributed by atoms with Gasteiger partial charge in [-0.05, 0) is 28.1 Å². The maximum absolute atomic E-state index is 12.5. The Kier molecular flexibility index (Phi) is 5.97. The Hall–Kier alpha value is -2.61. The maximum atomic E-state index is 12.5. The van der Waals surface area contributed by atoms with E-state index in [0.717, 1.165) is 0 Å². The molecule has 0 bridgehead atoms. The van der Waals surface area contributed by atoms with Crippen LogP contribution in [0.2, 0.25) is 0 Å². The van der Waals surface area contributed by atoms with E-state index < -0.39 is 5.91 Å². The molecule has 0 spiro atoms. The lowest BCUT2D eigenvalue weighted by atomic mass is 10.1. The van der Waals surface area contributed by atoms with Crippen LogP contribution < -0.4 is 14.8 Å². The van der Waals surface area contributed by atoms with Crippen LogP contribution in [0.25, 0.3) is 0 Å². The molecule has 0 aliphatic heterocycles. The molecule has 1 heterocycles. The summed E-state index contributed by atoms with van der Waals surface area (Å²) in [6, 6.07) is 4.73. The highest BCUT2D eigenvalue weighted by atomic mass is 79.9. The minimum absolute atomic E-state index is 0.274. The van der Waals surface area contributed by atoms with Crippen LogP contribution in [-0.2, 0) is 0 Å². The molecule has 0 fully saturated rings. The number of pyridine rings is 1. The summed E-state index contributed by atoms with van der Waals surface area (Å²) in [5.74, 6) is 0.132. The van der Waals surface area contributed by atoms with Gasteiger partial charge in [0.15, 0.2) is 11.5 Å². The van der Waals surface area contributed by atoms with Gasteiger partial charge in [-0.3, -0.25) is 14.6 Å². The Balaban J connectivity index is 2.47. The third-order valence-electron chi connectivity index (χ3n) is 3.38. The number of anilines is 1. The molecule has 1 aromatic heterocycles. The number of hydrogen-bond acceptors (Lipinski definition) is 5. The van der Waals surface area contributed by atoms with E-state index in [9.17, 15) is 9.59 Å². The quantitative estimate of drug-likeness (QED) is 0.823. The average Bonchev–Trinajstić information content (AvgIpc) is 2.60. The van der Waals surface area contributed by atoms with Gasteiger partial charge in [0, 0.05) is 37.0 Å². The number of carbonyl (C=O) groups excluding carboxylic acids is 2. The number of amides is 2. The molecule has 0 aliphatic rings. The molecule has 0 atom stereocenters. The van der Waals surface area contributed by atoms with Gasteiger partial charge in [-0.2, -0.15) is 0 Å². The Labute approximate surface area is 154 Å². The lowest BCUT2D eigenvalue weighted by Gasteiger charge is -2.18. The Morgan fingerprint density at radius 3 is 2.28 bits per heavy atom. The standard InChI is InChI=1S/C17H18BrN3O4/c1-21(2)17(23)12-6-14(24-3)15(25-4)7-13(12)20-16(22)10-5-11(18)9-19-8-10/h5-9H,1-4H3,(H,20,22). The van der Waals surface area contributed by atoms with Gasteiger partial charge in [0.1, 0.15) is 0 Å². The largest absolute Gasteiger partial charge is 0.493 e. The first-order valence-corrected chi connectivity index (χ1v) is 8.06. The summed E-state index contributed by atoms with van der Waals surface area (Å²) in [6.07, 6.45) is 3.02. The molecule has 2 aromatic rings. The fourth-order valence-corrected chi connectivity index (χ4v) is 2.50. The van der Waals surface area contributed by atoms with Crippen molar-refractivity contribution in [3.63, 3.8) is 0 Å². The molecule has 7 nitrogen and oxygen atoms in total. The predicted molar refractivity (Wildman–Crippen MR) is 97.5 cm³/mol. The van der Waals surface area contributed by atoms with Crippen LogP contribution in [0.15, 0.2) is 35.1 Å². The van der Waals surface area contributed by atoms with Crippen molar-refractivity contribution in [2.75, 3.05) is 33.6 Å². The number of methoxy groups -OCH3 is 2. The monoisotopic (exact) mass is 407 g/mol. The van der Waals surface area contributed by atoms with Gasteiger partial charge in [-0.15, -0.1) is 0 Å². The molecule has 2 rings (SSSR count). The molecule has 2 amide bonds. The van der Waals surface area contributed by atoms with Crippen molar-refractivity contribution >= 4 is 33.4 Å². The zero-order valence-electron chi connectivity index (χ0n) is 14.3. The molecule has 1 N–H and O–H groups in total. The first kappa shape index (κ1) is 18.7. The molecule has 0 saturated carbocycles. The highest BCUT2D eigenvalue weighted by Crippen LogP contribution is 2.34. The number of aromatic nitrogens is 1. The lowest BCUT2D eigenvalue weighted by Crippen LogP contribution is -2.24. The van der Waals surface area contributed by atoms with Gasteiger partial charge in [-0.25, -0.2) is 0 Å². The Morgan fingerprint density at radius 2 is 1.72 bits per heavy atom. The van der Waals surface area contributed by atoms with Crippen LogP contribution in [0.5, 0.6) is 11.5 Å². The molecule has 1 aromatic carbocycles. The van der Waals surface area contributed by atoms with E-state index in [-0.39, 0.29) is 5.91 Å². The van der Waals surface area contributed by atoms with E-state index in [4.69, 9.17) is 9.47 Å². The number of carbonyl (C=O) groups is 2. The van der Waals surface area contributed by atoms with E-state index in [1.807, 2.05) is 0 Å². The van der Waals surface area contributed by atoms with Crippen LogP contribution in [-0.4, -0.2) is 50.0 Å². The molecular weight excluding hydrogens is 390 g/mol. The second-order valence-corrected chi connectivity index (χ2v) is 6.21. The first-order chi connectivity index (χ1) is 11.9. The minimum atomic E-state index is -0.395. The summed E-state index contributed by atoms with van der Waals surface area (Å²) < 4.78 is 11.2. The van der Waals surface area contributed by atoms with E-state index >= 15 is 0 Å². The van der Waals surface area contributed by atoms with E-state index in [0.29, 0.717) is 32.8 Å². The normalized spacial score (nSPS) is 10.1. The third-order valence-corrected chi connectivity index (χ3v) is 3.81. The molecule has 8 heteroatoms. The van der Waals surface area contributed by atoms with Crippen LogP contribution in [0.3, 0.4) is 0 Å². The van der Waals surface area contributed by atoms with E-state index in [1.165, 1.54) is 31.4 Å². The summed E-state index contributed by atoms with van der Waals surface area (Å²) in [5, 5.41) is 2.73. The fraction of sp³-hybridized carbons (Fsp3) is 0.235. The van der Waals surface area contributed by atoms with E-state index in [1.54, 1.807) is 32.4 Å². The van der Waals surface area contributed by atoms with Gasteiger partial charge < -0.3 is 19.7 Å². The van der Waals surface area contributed by atoms with Crippen LogP contribution in [0.4, 0.5) is 5.69 Å². The van der Waals surface area contributed by atoms with Crippen molar-refractivity contribution in [3.05, 3.63) is 46.2 Å². The summed E-state index contributed by atoms with van der Waals surface area (Å²) in [4.78, 5) is 30.3. The first-order valence-electron chi connectivity index (χ1n) is 7.27. The number of rotatable bonds is 5. The van der Waals surface area contributed by atoms with Crippen molar-refractivity contribution in [3.8, 4) is 11.5 Å². The smallest absolute Gasteiger partial charge is 0.257 e. The highest BCUT2D eigenvalue weighted by molar-refractivity contribution is 9.10. The third kappa shape index (κ3) is 4.27. The Bertz CT molecular complexity index is 808. The summed E-state index contributed by atoms with van der Waals surface area (Å²) in [5.41, 5.74) is 0.965. The molecule has 0 radical (unpaired) electrons. The topological polar surface area (TPSA) is 80.8 Å². The number of ether oxygens (including phenoxy) is 2. The SMILES string of the molecule is COc1cc(NC(=O)c2cncc(Br)c2)c(C(=O)N(C)C)cc1OC. The molecule has 0 saturated heterocycles.